The van der Waals surface area contributed by atoms with Crippen molar-refractivity contribution in [3.8, 4) is 11.4 Å². The van der Waals surface area contributed by atoms with Crippen molar-refractivity contribution in [3.63, 3.8) is 0 Å². The van der Waals surface area contributed by atoms with E-state index in [0.29, 0.717) is 0 Å². The van der Waals surface area contributed by atoms with Crippen LogP contribution in [0.3, 0.4) is 0 Å². The standard InChI is InChI=1S/C12H17N3S2/c1-4-12(13,5-2)11-15-10(7-17-11)9-6-16-8(3)14-9/h6-7H,4-5,13H2,1-3H3. The SMILES string of the molecule is CCC(N)(CC)c1nc(-c2csc(C)n2)cs1. The highest BCUT2D eigenvalue weighted by Crippen LogP contribution is 2.31. The van der Waals surface area contributed by atoms with Gasteiger partial charge < -0.3 is 5.73 Å². The summed E-state index contributed by atoms with van der Waals surface area (Å²) in [7, 11) is 0. The highest BCUT2D eigenvalue weighted by atomic mass is 32.1. The molecule has 2 N–H and O–H groups in total. The Hall–Kier alpha value is -0.780. The van der Waals surface area contributed by atoms with Crippen LogP contribution < -0.4 is 5.73 Å². The van der Waals surface area contributed by atoms with Gasteiger partial charge in [0, 0.05) is 10.8 Å². The molecule has 0 aliphatic heterocycles. The molecule has 2 aromatic rings. The number of hydrogen-bond acceptors (Lipinski definition) is 5. The Kier molecular flexibility index (Phi) is 3.61. The molecule has 2 rings (SSSR count). The molecule has 0 spiro atoms. The Bertz CT molecular complexity index is 497. The van der Waals surface area contributed by atoms with E-state index in [4.69, 9.17) is 5.73 Å². The summed E-state index contributed by atoms with van der Waals surface area (Å²) in [6.07, 6.45) is 1.82. The molecule has 0 saturated carbocycles. The quantitative estimate of drug-likeness (QED) is 0.921. The molecule has 0 atom stereocenters. The van der Waals surface area contributed by atoms with Crippen LogP contribution in [0.15, 0.2) is 10.8 Å². The molecule has 0 aromatic carbocycles. The van der Waals surface area contributed by atoms with Crippen LogP contribution in [-0.2, 0) is 5.54 Å². The molecule has 2 heterocycles. The van der Waals surface area contributed by atoms with Crippen molar-refractivity contribution >= 4 is 22.7 Å². The summed E-state index contributed by atoms with van der Waals surface area (Å²) in [5, 5.41) is 6.18. The van der Waals surface area contributed by atoms with Gasteiger partial charge in [0.15, 0.2) is 0 Å². The zero-order chi connectivity index (χ0) is 12.5. The predicted octanol–water partition coefficient (Wildman–Crippen LogP) is 3.55. The average Bonchev–Trinajstić information content (AvgIpc) is 2.96. The van der Waals surface area contributed by atoms with Gasteiger partial charge in [0.2, 0.25) is 0 Å². The molecule has 0 bridgehead atoms. The van der Waals surface area contributed by atoms with Gasteiger partial charge in [-0.1, -0.05) is 13.8 Å². The van der Waals surface area contributed by atoms with Crippen molar-refractivity contribution < 1.29 is 0 Å². The molecule has 0 amide bonds. The molecule has 0 unspecified atom stereocenters. The maximum atomic E-state index is 6.34. The van der Waals surface area contributed by atoms with Gasteiger partial charge in [-0.05, 0) is 19.8 Å². The average molecular weight is 267 g/mol. The van der Waals surface area contributed by atoms with Crippen molar-refractivity contribution in [2.45, 2.75) is 39.2 Å². The number of rotatable bonds is 4. The first-order valence-corrected chi connectivity index (χ1v) is 7.52. The Morgan fingerprint density at radius 3 is 2.24 bits per heavy atom. The van der Waals surface area contributed by atoms with Crippen molar-refractivity contribution in [1.82, 2.24) is 9.97 Å². The van der Waals surface area contributed by atoms with Crippen LogP contribution in [0.4, 0.5) is 0 Å². The number of aromatic nitrogens is 2. The summed E-state index contributed by atoms with van der Waals surface area (Å²) >= 11 is 3.29. The van der Waals surface area contributed by atoms with E-state index >= 15 is 0 Å². The molecule has 2 aromatic heterocycles. The first-order valence-electron chi connectivity index (χ1n) is 5.76. The van der Waals surface area contributed by atoms with E-state index in [1.165, 1.54) is 0 Å². The molecule has 0 saturated heterocycles. The zero-order valence-corrected chi connectivity index (χ0v) is 12.0. The molecule has 0 radical (unpaired) electrons. The van der Waals surface area contributed by atoms with E-state index in [1.54, 1.807) is 22.7 Å². The van der Waals surface area contributed by atoms with Gasteiger partial charge in [-0.2, -0.15) is 0 Å². The van der Waals surface area contributed by atoms with E-state index in [0.717, 1.165) is 34.2 Å². The molecule has 0 fully saturated rings. The maximum Gasteiger partial charge on any atom is 0.113 e. The smallest absolute Gasteiger partial charge is 0.113 e. The molecular weight excluding hydrogens is 250 g/mol. The van der Waals surface area contributed by atoms with Crippen LogP contribution >= 0.6 is 22.7 Å². The van der Waals surface area contributed by atoms with Gasteiger partial charge in [-0.3, -0.25) is 0 Å². The Labute approximate surface area is 110 Å². The van der Waals surface area contributed by atoms with Crippen LogP contribution in [0, 0.1) is 6.92 Å². The lowest BCUT2D eigenvalue weighted by Gasteiger charge is -2.23. The lowest BCUT2D eigenvalue weighted by molar-refractivity contribution is 0.411. The number of nitrogens with zero attached hydrogens (tertiary/aromatic N) is 2. The highest BCUT2D eigenvalue weighted by molar-refractivity contribution is 7.10. The van der Waals surface area contributed by atoms with Crippen molar-refractivity contribution in [3.05, 3.63) is 20.8 Å². The maximum absolute atomic E-state index is 6.34. The molecular formula is C12H17N3S2. The fourth-order valence-corrected chi connectivity index (χ4v) is 3.33. The Morgan fingerprint density at radius 2 is 1.71 bits per heavy atom. The van der Waals surface area contributed by atoms with Gasteiger partial charge in [-0.15, -0.1) is 22.7 Å². The van der Waals surface area contributed by atoms with E-state index in [9.17, 15) is 0 Å². The monoisotopic (exact) mass is 267 g/mol. The number of thiazole rings is 2. The van der Waals surface area contributed by atoms with E-state index in [-0.39, 0.29) is 5.54 Å². The lowest BCUT2D eigenvalue weighted by atomic mass is 9.95. The summed E-state index contributed by atoms with van der Waals surface area (Å²) in [6, 6.07) is 0. The molecule has 17 heavy (non-hydrogen) atoms. The molecule has 5 heteroatoms. The molecule has 0 aliphatic carbocycles. The molecule has 92 valence electrons. The minimum Gasteiger partial charge on any atom is -0.319 e. The molecule has 0 aliphatic rings. The van der Waals surface area contributed by atoms with E-state index < -0.39 is 0 Å². The van der Waals surface area contributed by atoms with Crippen molar-refractivity contribution in [2.75, 3.05) is 0 Å². The number of nitrogens with two attached hydrogens (primary N) is 1. The van der Waals surface area contributed by atoms with Crippen molar-refractivity contribution in [1.29, 1.82) is 0 Å². The zero-order valence-electron chi connectivity index (χ0n) is 10.4. The topological polar surface area (TPSA) is 51.8 Å². The summed E-state index contributed by atoms with van der Waals surface area (Å²) in [6.45, 7) is 6.22. The van der Waals surface area contributed by atoms with Gasteiger partial charge in [0.25, 0.3) is 0 Å². The van der Waals surface area contributed by atoms with Crippen LogP contribution in [0.2, 0.25) is 0 Å². The third kappa shape index (κ3) is 2.41. The fourth-order valence-electron chi connectivity index (χ4n) is 1.65. The second-order valence-electron chi connectivity index (χ2n) is 4.15. The normalized spacial score (nSPS) is 12.0. The van der Waals surface area contributed by atoms with E-state index in [1.807, 2.05) is 12.3 Å². The number of hydrogen-bond donors (Lipinski definition) is 1. The van der Waals surface area contributed by atoms with Crippen molar-refractivity contribution in [2.24, 2.45) is 5.73 Å². The minimum absolute atomic E-state index is 0.284. The second-order valence-corrected chi connectivity index (χ2v) is 6.07. The summed E-state index contributed by atoms with van der Waals surface area (Å²) in [5.74, 6) is 0. The van der Waals surface area contributed by atoms with E-state index in [2.05, 4.69) is 29.2 Å². The van der Waals surface area contributed by atoms with Crippen LogP contribution in [0.25, 0.3) is 11.4 Å². The van der Waals surface area contributed by atoms with Gasteiger partial charge in [-0.25, -0.2) is 9.97 Å². The van der Waals surface area contributed by atoms with Crippen LogP contribution in [-0.4, -0.2) is 9.97 Å². The first kappa shape index (κ1) is 12.7. The summed E-state index contributed by atoms with van der Waals surface area (Å²) < 4.78 is 0. The third-order valence-electron chi connectivity index (χ3n) is 3.07. The summed E-state index contributed by atoms with van der Waals surface area (Å²) in [5.41, 5.74) is 7.97. The number of aryl methyl sites for hydroxylation is 1. The lowest BCUT2D eigenvalue weighted by Crippen LogP contribution is -2.34. The van der Waals surface area contributed by atoms with Crippen LogP contribution in [0.5, 0.6) is 0 Å². The summed E-state index contributed by atoms with van der Waals surface area (Å²) in [4.78, 5) is 9.10. The fraction of sp³-hybridized carbons (Fsp3) is 0.500. The molecule has 3 nitrogen and oxygen atoms in total. The Morgan fingerprint density at radius 1 is 1.12 bits per heavy atom. The third-order valence-corrected chi connectivity index (χ3v) is 4.91. The highest BCUT2D eigenvalue weighted by Gasteiger charge is 2.26. The van der Waals surface area contributed by atoms with Gasteiger partial charge in [0.1, 0.15) is 16.4 Å². The first-order chi connectivity index (χ1) is 8.09. The van der Waals surface area contributed by atoms with Gasteiger partial charge in [0.05, 0.1) is 10.5 Å². The predicted molar refractivity (Wildman–Crippen MR) is 74.4 cm³/mol. The second kappa shape index (κ2) is 4.84. The van der Waals surface area contributed by atoms with Crippen LogP contribution in [0.1, 0.15) is 36.7 Å². The largest absolute Gasteiger partial charge is 0.319 e. The van der Waals surface area contributed by atoms with Gasteiger partial charge >= 0.3 is 0 Å². The minimum atomic E-state index is -0.284. The Balaban J connectivity index is 2.33.